The van der Waals surface area contributed by atoms with Crippen LogP contribution in [0.1, 0.15) is 27.9 Å². The number of halogens is 1. The van der Waals surface area contributed by atoms with E-state index in [-0.39, 0.29) is 5.91 Å². The Bertz CT molecular complexity index is 1040. The fraction of sp³-hybridized carbons (Fsp3) is 0.269. The lowest BCUT2D eigenvalue weighted by atomic mass is 9.83. The number of nitrogens with zero attached hydrogens (tertiary/aromatic N) is 1. The van der Waals surface area contributed by atoms with E-state index in [0.29, 0.717) is 16.5 Å². The van der Waals surface area contributed by atoms with Crippen LogP contribution in [0.3, 0.4) is 0 Å². The normalized spacial score (nSPS) is 15.7. The van der Waals surface area contributed by atoms with Crippen molar-refractivity contribution in [3.8, 4) is 11.1 Å². The summed E-state index contributed by atoms with van der Waals surface area (Å²) in [5.41, 5.74) is 6.36. The lowest BCUT2D eigenvalue weighted by Gasteiger charge is -2.27. The molecule has 0 aliphatic heterocycles. The minimum atomic E-state index is -0.0890. The van der Waals surface area contributed by atoms with Crippen LogP contribution >= 0.6 is 11.6 Å². The van der Waals surface area contributed by atoms with E-state index < -0.39 is 0 Å². The molecule has 3 aromatic rings. The highest BCUT2D eigenvalue weighted by Crippen LogP contribution is 2.29. The van der Waals surface area contributed by atoms with Gasteiger partial charge in [-0.05, 0) is 97.9 Å². The molecule has 1 N–H and O–H groups in total. The number of benzene rings is 3. The van der Waals surface area contributed by atoms with E-state index in [1.54, 1.807) is 0 Å². The summed E-state index contributed by atoms with van der Waals surface area (Å²) >= 11 is 6.08. The van der Waals surface area contributed by atoms with Crippen molar-refractivity contribution in [2.45, 2.75) is 19.3 Å². The van der Waals surface area contributed by atoms with Crippen molar-refractivity contribution in [3.63, 3.8) is 0 Å². The summed E-state index contributed by atoms with van der Waals surface area (Å²) < 4.78 is 0. The van der Waals surface area contributed by atoms with Crippen LogP contribution in [0.4, 0.5) is 5.69 Å². The zero-order valence-electron chi connectivity index (χ0n) is 17.5. The summed E-state index contributed by atoms with van der Waals surface area (Å²) in [6.07, 6.45) is 3.39. The molecule has 1 amide bonds. The summed E-state index contributed by atoms with van der Waals surface area (Å²) in [5, 5.41) is 3.76. The summed E-state index contributed by atoms with van der Waals surface area (Å²) in [6.45, 7) is 1.13. The van der Waals surface area contributed by atoms with Crippen LogP contribution in [0.2, 0.25) is 5.02 Å². The number of aryl methyl sites for hydroxylation is 1. The van der Waals surface area contributed by atoms with Gasteiger partial charge in [0, 0.05) is 22.8 Å². The maximum Gasteiger partial charge on any atom is 0.255 e. The van der Waals surface area contributed by atoms with Crippen molar-refractivity contribution in [3.05, 3.63) is 88.4 Å². The standard InChI is InChI=1S/C26H27ClN2O/c1-29(2)17-18-6-7-23-16-25(13-12-22(23)14-18)28-26(30)20-10-8-19(9-11-20)21-4-3-5-24(27)15-21/h3-5,8-13,15-16,18H,6-7,14,17H2,1-2H3,(H,28,30). The molecule has 4 rings (SSSR count). The van der Waals surface area contributed by atoms with Crippen molar-refractivity contribution < 1.29 is 4.79 Å². The molecule has 154 valence electrons. The Morgan fingerprint density at radius 1 is 1.00 bits per heavy atom. The highest BCUT2D eigenvalue weighted by Gasteiger charge is 2.19. The molecule has 0 saturated heterocycles. The van der Waals surface area contributed by atoms with E-state index >= 15 is 0 Å². The highest BCUT2D eigenvalue weighted by atomic mass is 35.5. The average Bonchev–Trinajstić information content (AvgIpc) is 2.73. The second-order valence-corrected chi connectivity index (χ2v) is 8.83. The van der Waals surface area contributed by atoms with Crippen molar-refractivity contribution in [2.75, 3.05) is 26.0 Å². The van der Waals surface area contributed by atoms with E-state index in [0.717, 1.165) is 36.2 Å². The van der Waals surface area contributed by atoms with E-state index in [1.807, 2.05) is 54.6 Å². The number of anilines is 1. The average molecular weight is 419 g/mol. The minimum Gasteiger partial charge on any atom is -0.322 e. The molecule has 0 bridgehead atoms. The van der Waals surface area contributed by atoms with Gasteiger partial charge in [-0.25, -0.2) is 0 Å². The van der Waals surface area contributed by atoms with Crippen LogP contribution in [0.15, 0.2) is 66.7 Å². The first-order chi connectivity index (χ1) is 14.5. The molecule has 1 aliphatic rings. The van der Waals surface area contributed by atoms with Crippen molar-refractivity contribution in [1.29, 1.82) is 0 Å². The molecule has 30 heavy (non-hydrogen) atoms. The van der Waals surface area contributed by atoms with Gasteiger partial charge in [0.1, 0.15) is 0 Å². The Morgan fingerprint density at radius 3 is 2.53 bits per heavy atom. The van der Waals surface area contributed by atoms with Crippen molar-refractivity contribution in [1.82, 2.24) is 4.90 Å². The van der Waals surface area contributed by atoms with Gasteiger partial charge in [-0.15, -0.1) is 0 Å². The molecule has 0 radical (unpaired) electrons. The van der Waals surface area contributed by atoms with Crippen molar-refractivity contribution in [2.24, 2.45) is 5.92 Å². The number of carbonyl (C=O) groups is 1. The Balaban J connectivity index is 1.43. The molecular formula is C26H27ClN2O. The van der Waals surface area contributed by atoms with Crippen LogP contribution < -0.4 is 5.32 Å². The Hall–Kier alpha value is -2.62. The predicted octanol–water partition coefficient (Wildman–Crippen LogP) is 5.93. The maximum absolute atomic E-state index is 12.7. The number of carbonyl (C=O) groups excluding carboxylic acids is 1. The Labute approximate surface area is 183 Å². The fourth-order valence-electron chi connectivity index (χ4n) is 4.27. The molecule has 0 saturated carbocycles. The van der Waals surface area contributed by atoms with Gasteiger partial charge in [-0.1, -0.05) is 41.9 Å². The predicted molar refractivity (Wildman–Crippen MR) is 125 cm³/mol. The van der Waals surface area contributed by atoms with Crippen LogP contribution in [0.5, 0.6) is 0 Å². The molecular weight excluding hydrogens is 392 g/mol. The molecule has 0 spiro atoms. The summed E-state index contributed by atoms with van der Waals surface area (Å²) in [6, 6.07) is 21.7. The van der Waals surface area contributed by atoms with Gasteiger partial charge in [0.2, 0.25) is 0 Å². The van der Waals surface area contributed by atoms with Gasteiger partial charge in [-0.3, -0.25) is 4.79 Å². The third-order valence-corrected chi connectivity index (χ3v) is 5.96. The summed E-state index contributed by atoms with van der Waals surface area (Å²) in [5.74, 6) is 0.625. The molecule has 0 aromatic heterocycles. The van der Waals surface area contributed by atoms with Crippen LogP contribution in [0, 0.1) is 5.92 Å². The number of hydrogen-bond acceptors (Lipinski definition) is 2. The topological polar surface area (TPSA) is 32.3 Å². The number of amides is 1. The van der Waals surface area contributed by atoms with E-state index in [9.17, 15) is 4.79 Å². The monoisotopic (exact) mass is 418 g/mol. The fourth-order valence-corrected chi connectivity index (χ4v) is 4.46. The molecule has 4 heteroatoms. The first-order valence-electron chi connectivity index (χ1n) is 10.4. The zero-order valence-corrected chi connectivity index (χ0v) is 18.2. The lowest BCUT2D eigenvalue weighted by Crippen LogP contribution is -2.26. The van der Waals surface area contributed by atoms with Gasteiger partial charge in [0.15, 0.2) is 0 Å². The van der Waals surface area contributed by atoms with E-state index in [1.165, 1.54) is 17.5 Å². The lowest BCUT2D eigenvalue weighted by molar-refractivity contribution is 0.102. The van der Waals surface area contributed by atoms with E-state index in [2.05, 4.69) is 36.4 Å². The maximum atomic E-state index is 12.7. The molecule has 1 atom stereocenters. The molecule has 1 unspecified atom stereocenters. The third kappa shape index (κ3) is 4.92. The third-order valence-electron chi connectivity index (χ3n) is 5.72. The molecule has 3 nitrogen and oxygen atoms in total. The minimum absolute atomic E-state index is 0.0890. The second-order valence-electron chi connectivity index (χ2n) is 8.40. The van der Waals surface area contributed by atoms with Crippen LogP contribution in [-0.2, 0) is 12.8 Å². The van der Waals surface area contributed by atoms with Gasteiger partial charge in [-0.2, -0.15) is 0 Å². The number of fused-ring (bicyclic) bond motifs is 1. The number of nitrogens with one attached hydrogen (secondary N) is 1. The van der Waals surface area contributed by atoms with Crippen LogP contribution in [0.25, 0.3) is 11.1 Å². The smallest absolute Gasteiger partial charge is 0.255 e. The first-order valence-corrected chi connectivity index (χ1v) is 10.8. The molecule has 3 aromatic carbocycles. The van der Waals surface area contributed by atoms with Gasteiger partial charge >= 0.3 is 0 Å². The van der Waals surface area contributed by atoms with Crippen LogP contribution in [-0.4, -0.2) is 31.4 Å². The number of hydrogen-bond donors (Lipinski definition) is 1. The zero-order chi connectivity index (χ0) is 21.1. The van der Waals surface area contributed by atoms with E-state index in [4.69, 9.17) is 11.6 Å². The molecule has 1 aliphatic carbocycles. The Kier molecular flexibility index (Phi) is 6.21. The van der Waals surface area contributed by atoms with Crippen molar-refractivity contribution >= 4 is 23.2 Å². The van der Waals surface area contributed by atoms with Gasteiger partial charge in [0.25, 0.3) is 5.91 Å². The molecule has 0 heterocycles. The molecule has 0 fully saturated rings. The highest BCUT2D eigenvalue weighted by molar-refractivity contribution is 6.30. The van der Waals surface area contributed by atoms with Gasteiger partial charge < -0.3 is 10.2 Å². The quantitative estimate of drug-likeness (QED) is 0.557. The first kappa shape index (κ1) is 20.6. The summed E-state index contributed by atoms with van der Waals surface area (Å²) in [4.78, 5) is 15.0. The Morgan fingerprint density at radius 2 is 1.80 bits per heavy atom. The SMILES string of the molecule is CN(C)CC1CCc2cc(NC(=O)c3ccc(-c4cccc(Cl)c4)cc3)ccc2C1. The largest absolute Gasteiger partial charge is 0.322 e. The van der Waals surface area contributed by atoms with Gasteiger partial charge in [0.05, 0.1) is 0 Å². The summed E-state index contributed by atoms with van der Waals surface area (Å²) in [7, 11) is 4.27. The second kappa shape index (κ2) is 9.03. The number of rotatable bonds is 5.